The predicted molar refractivity (Wildman–Crippen MR) is 65.2 cm³/mol. The molecule has 0 atom stereocenters. The molecule has 0 saturated carbocycles. The van der Waals surface area contributed by atoms with Crippen LogP contribution in [0, 0.1) is 0 Å². The van der Waals surface area contributed by atoms with Gasteiger partial charge >= 0.3 is 0 Å². The molecule has 0 aromatic heterocycles. The molecule has 16 heavy (non-hydrogen) atoms. The highest BCUT2D eigenvalue weighted by molar-refractivity contribution is 6.42. The van der Waals surface area contributed by atoms with Gasteiger partial charge in [-0.25, -0.2) is 0 Å². The first-order valence-corrected chi connectivity index (χ1v) is 5.35. The van der Waals surface area contributed by atoms with Crippen molar-refractivity contribution in [2.45, 2.75) is 0 Å². The van der Waals surface area contributed by atoms with E-state index in [0.717, 1.165) is 0 Å². The average molecular weight is 260 g/mol. The first kappa shape index (κ1) is 12.9. The van der Waals surface area contributed by atoms with Crippen molar-refractivity contribution < 1.29 is 9.53 Å². The highest BCUT2D eigenvalue weighted by Gasteiger charge is 2.07. The highest BCUT2D eigenvalue weighted by Crippen LogP contribution is 2.31. The number of hydrogen-bond donors (Lipinski definition) is 1. The molecule has 0 saturated heterocycles. The van der Waals surface area contributed by atoms with Gasteiger partial charge in [0, 0.05) is 6.54 Å². The minimum absolute atomic E-state index is 0.103. The summed E-state index contributed by atoms with van der Waals surface area (Å²) in [7, 11) is 0. The van der Waals surface area contributed by atoms with E-state index in [1.165, 1.54) is 0 Å². The molecule has 1 N–H and O–H groups in total. The van der Waals surface area contributed by atoms with Gasteiger partial charge in [0.05, 0.1) is 5.02 Å². The zero-order valence-corrected chi connectivity index (χ0v) is 10.0. The number of carbonyl (C=O) groups excluding carboxylic acids is 1. The van der Waals surface area contributed by atoms with E-state index in [4.69, 9.17) is 27.9 Å². The standard InChI is InChI=1S/C11H11Cl2NO2/c1-2-6-14-10(15)7-16-9-5-3-4-8(12)11(9)13/h2-5H,1,6-7H2,(H,14,15). The smallest absolute Gasteiger partial charge is 0.258 e. The largest absolute Gasteiger partial charge is 0.482 e. The Labute approximate surface area is 104 Å². The van der Waals surface area contributed by atoms with E-state index < -0.39 is 0 Å². The summed E-state index contributed by atoms with van der Waals surface area (Å²) in [5, 5.41) is 3.28. The lowest BCUT2D eigenvalue weighted by Gasteiger charge is -2.08. The van der Waals surface area contributed by atoms with Crippen molar-refractivity contribution in [1.82, 2.24) is 5.32 Å². The normalized spacial score (nSPS) is 9.62. The molecule has 0 unspecified atom stereocenters. The zero-order chi connectivity index (χ0) is 12.0. The van der Waals surface area contributed by atoms with Crippen molar-refractivity contribution in [3.8, 4) is 5.75 Å². The summed E-state index contributed by atoms with van der Waals surface area (Å²) in [6.45, 7) is 3.79. The number of halogens is 2. The maximum absolute atomic E-state index is 11.2. The Hall–Kier alpha value is -1.19. The maximum Gasteiger partial charge on any atom is 0.258 e. The molecule has 0 aliphatic heterocycles. The molecule has 86 valence electrons. The van der Waals surface area contributed by atoms with E-state index in [-0.39, 0.29) is 12.5 Å². The molecule has 0 bridgehead atoms. The van der Waals surface area contributed by atoms with E-state index >= 15 is 0 Å². The molecule has 1 amide bonds. The Morgan fingerprint density at radius 3 is 2.94 bits per heavy atom. The number of nitrogens with one attached hydrogen (secondary N) is 1. The minimum Gasteiger partial charge on any atom is -0.482 e. The van der Waals surface area contributed by atoms with E-state index in [1.54, 1.807) is 24.3 Å². The second-order valence-electron chi connectivity index (χ2n) is 2.93. The molecule has 0 spiro atoms. The van der Waals surface area contributed by atoms with Crippen LogP contribution in [0.5, 0.6) is 5.75 Å². The topological polar surface area (TPSA) is 38.3 Å². The van der Waals surface area contributed by atoms with Crippen molar-refractivity contribution in [3.05, 3.63) is 40.9 Å². The van der Waals surface area contributed by atoms with Gasteiger partial charge < -0.3 is 10.1 Å². The number of rotatable bonds is 5. The molecule has 3 nitrogen and oxygen atoms in total. The van der Waals surface area contributed by atoms with Crippen LogP contribution in [0.4, 0.5) is 0 Å². The molecule has 1 rings (SSSR count). The number of hydrogen-bond acceptors (Lipinski definition) is 2. The van der Waals surface area contributed by atoms with E-state index in [0.29, 0.717) is 22.3 Å². The van der Waals surface area contributed by atoms with Crippen molar-refractivity contribution in [2.24, 2.45) is 0 Å². The quantitative estimate of drug-likeness (QED) is 0.826. The first-order valence-electron chi connectivity index (χ1n) is 4.59. The Bertz CT molecular complexity index is 394. The van der Waals surface area contributed by atoms with Crippen LogP contribution >= 0.6 is 23.2 Å². The van der Waals surface area contributed by atoms with Gasteiger partial charge in [-0.15, -0.1) is 6.58 Å². The van der Waals surface area contributed by atoms with Gasteiger partial charge in [-0.05, 0) is 12.1 Å². The van der Waals surface area contributed by atoms with Gasteiger partial charge in [0.25, 0.3) is 5.91 Å². The van der Waals surface area contributed by atoms with Gasteiger partial charge in [0.15, 0.2) is 6.61 Å². The van der Waals surface area contributed by atoms with Gasteiger partial charge in [0.2, 0.25) is 0 Å². The molecular formula is C11H11Cl2NO2. The third-order valence-electron chi connectivity index (χ3n) is 1.72. The number of amides is 1. The summed E-state index contributed by atoms with van der Waals surface area (Å²) in [6.07, 6.45) is 1.59. The second-order valence-corrected chi connectivity index (χ2v) is 3.72. The van der Waals surface area contributed by atoms with Crippen LogP contribution in [0.25, 0.3) is 0 Å². The molecular weight excluding hydrogens is 249 g/mol. The van der Waals surface area contributed by atoms with Crippen molar-refractivity contribution >= 4 is 29.1 Å². The Kier molecular flexibility index (Phi) is 5.15. The SMILES string of the molecule is C=CCNC(=O)COc1cccc(Cl)c1Cl. The molecule has 5 heteroatoms. The molecule has 1 aromatic rings. The zero-order valence-electron chi connectivity index (χ0n) is 8.50. The summed E-state index contributed by atoms with van der Waals surface area (Å²) < 4.78 is 5.21. The van der Waals surface area contributed by atoms with Crippen LogP contribution in [-0.4, -0.2) is 19.1 Å². The average Bonchev–Trinajstić information content (AvgIpc) is 2.28. The fraction of sp³-hybridized carbons (Fsp3) is 0.182. The van der Waals surface area contributed by atoms with Crippen LogP contribution in [-0.2, 0) is 4.79 Å². The van der Waals surface area contributed by atoms with Gasteiger partial charge in [0.1, 0.15) is 10.8 Å². The number of carbonyl (C=O) groups is 1. The predicted octanol–water partition coefficient (Wildman–Crippen LogP) is 2.67. The van der Waals surface area contributed by atoms with E-state index in [1.807, 2.05) is 0 Å². The van der Waals surface area contributed by atoms with Crippen LogP contribution in [0.2, 0.25) is 10.0 Å². The molecule has 0 heterocycles. The summed E-state index contributed by atoms with van der Waals surface area (Å²) in [5.41, 5.74) is 0. The summed E-state index contributed by atoms with van der Waals surface area (Å²) >= 11 is 11.7. The summed E-state index contributed by atoms with van der Waals surface area (Å²) in [4.78, 5) is 11.2. The van der Waals surface area contributed by atoms with Crippen LogP contribution < -0.4 is 10.1 Å². The summed E-state index contributed by atoms with van der Waals surface area (Å²) in [6, 6.07) is 4.99. The fourth-order valence-electron chi connectivity index (χ4n) is 0.976. The summed E-state index contributed by atoms with van der Waals surface area (Å²) in [5.74, 6) is 0.152. The third-order valence-corrected chi connectivity index (χ3v) is 2.52. The van der Waals surface area contributed by atoms with Crippen molar-refractivity contribution in [2.75, 3.05) is 13.2 Å². The lowest BCUT2D eigenvalue weighted by Crippen LogP contribution is -2.28. The monoisotopic (exact) mass is 259 g/mol. The van der Waals surface area contributed by atoms with Gasteiger partial charge in [-0.1, -0.05) is 35.3 Å². The molecule has 1 aromatic carbocycles. The molecule has 0 fully saturated rings. The lowest BCUT2D eigenvalue weighted by molar-refractivity contribution is -0.122. The highest BCUT2D eigenvalue weighted by atomic mass is 35.5. The van der Waals surface area contributed by atoms with Gasteiger partial charge in [-0.2, -0.15) is 0 Å². The van der Waals surface area contributed by atoms with Gasteiger partial charge in [-0.3, -0.25) is 4.79 Å². The first-order chi connectivity index (χ1) is 7.65. The van der Waals surface area contributed by atoms with E-state index in [9.17, 15) is 4.79 Å². The maximum atomic E-state index is 11.2. The Morgan fingerprint density at radius 1 is 1.50 bits per heavy atom. The van der Waals surface area contributed by atoms with E-state index in [2.05, 4.69) is 11.9 Å². The number of ether oxygens (including phenoxy) is 1. The minimum atomic E-state index is -0.240. The molecule has 0 aliphatic rings. The molecule has 0 radical (unpaired) electrons. The number of benzene rings is 1. The van der Waals surface area contributed by atoms with Crippen LogP contribution in [0.1, 0.15) is 0 Å². The van der Waals surface area contributed by atoms with Crippen LogP contribution in [0.3, 0.4) is 0 Å². The molecule has 0 aliphatic carbocycles. The third kappa shape index (κ3) is 3.76. The van der Waals surface area contributed by atoms with Crippen molar-refractivity contribution in [3.63, 3.8) is 0 Å². The lowest BCUT2D eigenvalue weighted by atomic mass is 10.3. The Morgan fingerprint density at radius 2 is 2.25 bits per heavy atom. The van der Waals surface area contributed by atoms with Crippen molar-refractivity contribution in [1.29, 1.82) is 0 Å². The fourth-order valence-corrected chi connectivity index (χ4v) is 1.32. The second kappa shape index (κ2) is 6.40. The Balaban J connectivity index is 2.51. The van der Waals surface area contributed by atoms with Crippen LogP contribution in [0.15, 0.2) is 30.9 Å².